The summed E-state index contributed by atoms with van der Waals surface area (Å²) in [6, 6.07) is 8.06. The number of thiophene rings is 1. The number of fused-ring (bicyclic) bond motifs is 1. The number of halogens is 1. The van der Waals surface area contributed by atoms with E-state index in [2.05, 4.69) is 17.5 Å². The van der Waals surface area contributed by atoms with E-state index in [4.69, 9.17) is 5.73 Å². The van der Waals surface area contributed by atoms with Gasteiger partial charge in [-0.25, -0.2) is 0 Å². The average Bonchev–Trinajstić information content (AvgIpc) is 2.36. The molecular weight excluding hydrogens is 178 g/mol. The molecule has 2 rings (SSSR count). The van der Waals surface area contributed by atoms with Gasteiger partial charge >= 0.3 is 0 Å². The topological polar surface area (TPSA) is 26.0 Å². The van der Waals surface area contributed by atoms with Crippen LogP contribution in [-0.4, -0.2) is 0 Å². The van der Waals surface area contributed by atoms with Crippen molar-refractivity contribution in [3.8, 4) is 0 Å². The molecule has 0 saturated carbocycles. The number of hydrogen-bond acceptors (Lipinski definition) is 2. The van der Waals surface area contributed by atoms with Crippen LogP contribution in [0.5, 0.6) is 0 Å². The molecule has 0 aliphatic carbocycles. The first-order valence-corrected chi connectivity index (χ1v) is 3.97. The summed E-state index contributed by atoms with van der Waals surface area (Å²) in [4.78, 5) is 0. The molecule has 0 radical (unpaired) electrons. The number of benzene rings is 1. The zero-order chi connectivity index (χ0) is 6.97. The SMILES string of the molecule is Cl.Nc1cccc2ccsc12. The monoisotopic (exact) mass is 185 g/mol. The van der Waals surface area contributed by atoms with E-state index in [9.17, 15) is 0 Å². The zero-order valence-electron chi connectivity index (χ0n) is 5.78. The molecule has 2 aromatic rings. The lowest BCUT2D eigenvalue weighted by atomic mass is 10.2. The molecule has 0 unspecified atom stereocenters. The quantitative estimate of drug-likeness (QED) is 0.628. The Morgan fingerprint density at radius 2 is 2.00 bits per heavy atom. The minimum atomic E-state index is 0. The highest BCUT2D eigenvalue weighted by Crippen LogP contribution is 2.25. The Labute approximate surface area is 75.2 Å². The van der Waals surface area contributed by atoms with Gasteiger partial charge in [0, 0.05) is 5.69 Å². The van der Waals surface area contributed by atoms with Crippen LogP contribution in [0.15, 0.2) is 29.6 Å². The van der Waals surface area contributed by atoms with Crippen LogP contribution >= 0.6 is 23.7 Å². The van der Waals surface area contributed by atoms with Gasteiger partial charge in [0.2, 0.25) is 0 Å². The van der Waals surface area contributed by atoms with Gasteiger partial charge in [0.05, 0.1) is 4.70 Å². The molecule has 1 aromatic carbocycles. The van der Waals surface area contributed by atoms with Crippen LogP contribution in [-0.2, 0) is 0 Å². The summed E-state index contributed by atoms with van der Waals surface area (Å²) < 4.78 is 1.20. The Bertz CT molecular complexity index is 356. The lowest BCUT2D eigenvalue weighted by Crippen LogP contribution is -1.81. The van der Waals surface area contributed by atoms with Gasteiger partial charge in [-0.1, -0.05) is 12.1 Å². The van der Waals surface area contributed by atoms with Crippen LogP contribution in [0.1, 0.15) is 0 Å². The fraction of sp³-hybridized carbons (Fsp3) is 0. The Morgan fingerprint density at radius 3 is 2.73 bits per heavy atom. The standard InChI is InChI=1S/C8H7NS.ClH/c9-7-3-1-2-6-4-5-10-8(6)7;/h1-5H,9H2;1H. The maximum Gasteiger partial charge on any atom is 0.0572 e. The van der Waals surface area contributed by atoms with Crippen LogP contribution in [0.4, 0.5) is 5.69 Å². The highest BCUT2D eigenvalue weighted by atomic mass is 35.5. The predicted octanol–water partition coefficient (Wildman–Crippen LogP) is 2.91. The Kier molecular flexibility index (Phi) is 2.37. The first-order valence-electron chi connectivity index (χ1n) is 3.09. The van der Waals surface area contributed by atoms with E-state index in [1.165, 1.54) is 10.1 Å². The Morgan fingerprint density at radius 1 is 1.18 bits per heavy atom. The van der Waals surface area contributed by atoms with Crippen molar-refractivity contribution in [2.75, 3.05) is 5.73 Å². The summed E-state index contributed by atoms with van der Waals surface area (Å²) >= 11 is 1.69. The average molecular weight is 186 g/mol. The van der Waals surface area contributed by atoms with Crippen molar-refractivity contribution in [2.45, 2.75) is 0 Å². The van der Waals surface area contributed by atoms with E-state index in [0.29, 0.717) is 0 Å². The van der Waals surface area contributed by atoms with Gasteiger partial charge in [0.25, 0.3) is 0 Å². The molecule has 0 aliphatic rings. The maximum absolute atomic E-state index is 5.71. The van der Waals surface area contributed by atoms with Gasteiger partial charge in [-0.3, -0.25) is 0 Å². The van der Waals surface area contributed by atoms with Gasteiger partial charge < -0.3 is 5.73 Å². The van der Waals surface area contributed by atoms with E-state index < -0.39 is 0 Å². The second-order valence-corrected chi connectivity index (χ2v) is 3.10. The summed E-state index contributed by atoms with van der Waals surface area (Å²) in [5.74, 6) is 0. The molecule has 58 valence electrons. The van der Waals surface area contributed by atoms with Crippen molar-refractivity contribution in [1.82, 2.24) is 0 Å². The molecule has 0 aliphatic heterocycles. The lowest BCUT2D eigenvalue weighted by Gasteiger charge is -1.91. The van der Waals surface area contributed by atoms with E-state index in [-0.39, 0.29) is 12.4 Å². The molecule has 0 bridgehead atoms. The summed E-state index contributed by atoms with van der Waals surface area (Å²) in [7, 11) is 0. The second kappa shape index (κ2) is 3.11. The Balaban J connectivity index is 0.000000605. The van der Waals surface area contributed by atoms with Crippen LogP contribution in [0.2, 0.25) is 0 Å². The first kappa shape index (κ1) is 8.37. The number of hydrogen-bond donors (Lipinski definition) is 1. The number of anilines is 1. The van der Waals surface area contributed by atoms with Crippen molar-refractivity contribution in [3.63, 3.8) is 0 Å². The predicted molar refractivity (Wildman–Crippen MR) is 53.5 cm³/mol. The molecule has 0 spiro atoms. The fourth-order valence-corrected chi connectivity index (χ4v) is 1.84. The maximum atomic E-state index is 5.71. The number of nitrogen functional groups attached to an aromatic ring is 1. The largest absolute Gasteiger partial charge is 0.398 e. The minimum absolute atomic E-state index is 0. The zero-order valence-corrected chi connectivity index (χ0v) is 7.41. The van der Waals surface area contributed by atoms with Gasteiger partial charge in [-0.15, -0.1) is 23.7 Å². The second-order valence-electron chi connectivity index (χ2n) is 2.19. The molecule has 1 heterocycles. The molecule has 1 aromatic heterocycles. The summed E-state index contributed by atoms with van der Waals surface area (Å²) in [5, 5.41) is 3.30. The molecule has 0 atom stereocenters. The number of rotatable bonds is 0. The molecule has 0 amide bonds. The van der Waals surface area contributed by atoms with Crippen molar-refractivity contribution in [3.05, 3.63) is 29.6 Å². The molecular formula is C8H8ClNS. The smallest absolute Gasteiger partial charge is 0.0572 e. The van der Waals surface area contributed by atoms with E-state index in [1.54, 1.807) is 11.3 Å². The molecule has 0 saturated heterocycles. The van der Waals surface area contributed by atoms with E-state index >= 15 is 0 Å². The third-order valence-corrected chi connectivity index (χ3v) is 2.49. The molecule has 3 heteroatoms. The van der Waals surface area contributed by atoms with Gasteiger partial charge in [0.15, 0.2) is 0 Å². The first-order chi connectivity index (χ1) is 4.88. The molecule has 1 nitrogen and oxygen atoms in total. The molecule has 0 fully saturated rings. The van der Waals surface area contributed by atoms with Crippen molar-refractivity contribution < 1.29 is 0 Å². The van der Waals surface area contributed by atoms with Crippen molar-refractivity contribution in [1.29, 1.82) is 0 Å². The van der Waals surface area contributed by atoms with E-state index in [1.807, 2.05) is 12.1 Å². The van der Waals surface area contributed by atoms with Gasteiger partial charge in [-0.05, 0) is 22.9 Å². The van der Waals surface area contributed by atoms with Gasteiger partial charge in [0.1, 0.15) is 0 Å². The van der Waals surface area contributed by atoms with Crippen LogP contribution in [0.3, 0.4) is 0 Å². The summed E-state index contributed by atoms with van der Waals surface area (Å²) in [6.07, 6.45) is 0. The fourth-order valence-electron chi connectivity index (χ4n) is 1.02. The Hall–Kier alpha value is -0.730. The van der Waals surface area contributed by atoms with Crippen molar-refractivity contribution in [2.24, 2.45) is 0 Å². The third-order valence-electron chi connectivity index (χ3n) is 1.51. The van der Waals surface area contributed by atoms with E-state index in [0.717, 1.165) is 5.69 Å². The van der Waals surface area contributed by atoms with Crippen LogP contribution < -0.4 is 5.73 Å². The number of nitrogens with two attached hydrogens (primary N) is 1. The van der Waals surface area contributed by atoms with Crippen LogP contribution in [0.25, 0.3) is 10.1 Å². The van der Waals surface area contributed by atoms with Gasteiger partial charge in [-0.2, -0.15) is 0 Å². The van der Waals surface area contributed by atoms with Crippen LogP contribution in [0, 0.1) is 0 Å². The summed E-state index contributed by atoms with van der Waals surface area (Å²) in [6.45, 7) is 0. The lowest BCUT2D eigenvalue weighted by molar-refractivity contribution is 1.81. The normalized spacial score (nSPS) is 9.45. The third kappa shape index (κ3) is 1.32. The summed E-state index contributed by atoms with van der Waals surface area (Å²) in [5.41, 5.74) is 6.59. The highest BCUT2D eigenvalue weighted by molar-refractivity contribution is 7.17. The van der Waals surface area contributed by atoms with Crippen molar-refractivity contribution >= 4 is 39.5 Å². The molecule has 11 heavy (non-hydrogen) atoms. The highest BCUT2D eigenvalue weighted by Gasteiger charge is 1.95. The molecule has 2 N–H and O–H groups in total. The minimum Gasteiger partial charge on any atom is -0.398 e.